The van der Waals surface area contributed by atoms with Gasteiger partial charge < -0.3 is 4.74 Å². The number of benzene rings is 1. The Morgan fingerprint density at radius 1 is 1.57 bits per heavy atom. The Labute approximate surface area is 91.4 Å². The normalized spacial score (nSPS) is 9.29. The van der Waals surface area contributed by atoms with Crippen molar-refractivity contribution in [3.8, 4) is 12.3 Å². The summed E-state index contributed by atoms with van der Waals surface area (Å²) in [5.41, 5.74) is 1.98. The molecule has 0 fully saturated rings. The SMILES string of the molecule is C#Cc1cc(Br)c(C)c(C(=O)OC)c1. The van der Waals surface area contributed by atoms with Gasteiger partial charge in [0.25, 0.3) is 0 Å². The van der Waals surface area contributed by atoms with Crippen molar-refractivity contribution < 1.29 is 9.53 Å². The quantitative estimate of drug-likeness (QED) is 0.567. The molecule has 0 aliphatic rings. The Morgan fingerprint density at radius 3 is 2.71 bits per heavy atom. The smallest absolute Gasteiger partial charge is 0.338 e. The molecule has 0 atom stereocenters. The Balaban J connectivity index is 3.36. The van der Waals surface area contributed by atoms with E-state index in [1.54, 1.807) is 12.1 Å². The average Bonchev–Trinajstić information content (AvgIpc) is 2.20. The number of hydrogen-bond acceptors (Lipinski definition) is 2. The molecule has 0 aromatic heterocycles. The van der Waals surface area contributed by atoms with Gasteiger partial charge in [0.2, 0.25) is 0 Å². The van der Waals surface area contributed by atoms with Gasteiger partial charge >= 0.3 is 5.97 Å². The van der Waals surface area contributed by atoms with Crippen LogP contribution in [0.4, 0.5) is 0 Å². The lowest BCUT2D eigenvalue weighted by Crippen LogP contribution is -2.04. The van der Waals surface area contributed by atoms with Gasteiger partial charge in [0, 0.05) is 10.0 Å². The first-order valence-corrected chi connectivity index (χ1v) is 4.74. The van der Waals surface area contributed by atoms with Crippen molar-refractivity contribution >= 4 is 21.9 Å². The van der Waals surface area contributed by atoms with Gasteiger partial charge in [-0.05, 0) is 24.6 Å². The molecule has 0 unspecified atom stereocenters. The minimum atomic E-state index is -0.375. The zero-order chi connectivity index (χ0) is 10.7. The van der Waals surface area contributed by atoms with E-state index in [9.17, 15) is 4.79 Å². The van der Waals surface area contributed by atoms with E-state index >= 15 is 0 Å². The molecule has 0 heterocycles. The third-order valence-corrected chi connectivity index (χ3v) is 2.74. The topological polar surface area (TPSA) is 26.3 Å². The van der Waals surface area contributed by atoms with E-state index in [-0.39, 0.29) is 5.97 Å². The van der Waals surface area contributed by atoms with Gasteiger partial charge in [-0.1, -0.05) is 21.9 Å². The van der Waals surface area contributed by atoms with Gasteiger partial charge in [-0.2, -0.15) is 0 Å². The van der Waals surface area contributed by atoms with Crippen molar-refractivity contribution in [3.63, 3.8) is 0 Å². The van der Waals surface area contributed by atoms with Gasteiger partial charge in [0.15, 0.2) is 0 Å². The largest absolute Gasteiger partial charge is 0.465 e. The second-order valence-corrected chi connectivity index (χ2v) is 3.62. The second kappa shape index (κ2) is 4.30. The molecule has 72 valence electrons. The minimum Gasteiger partial charge on any atom is -0.465 e. The van der Waals surface area contributed by atoms with Crippen LogP contribution in [-0.4, -0.2) is 13.1 Å². The molecule has 0 aliphatic carbocycles. The molecule has 0 saturated heterocycles. The highest BCUT2D eigenvalue weighted by Gasteiger charge is 2.12. The number of esters is 1. The summed E-state index contributed by atoms with van der Waals surface area (Å²) in [6, 6.07) is 3.44. The van der Waals surface area contributed by atoms with Crippen molar-refractivity contribution in [2.24, 2.45) is 0 Å². The van der Waals surface area contributed by atoms with Crippen LogP contribution in [0.5, 0.6) is 0 Å². The summed E-state index contributed by atoms with van der Waals surface area (Å²) in [7, 11) is 1.35. The van der Waals surface area contributed by atoms with Crippen LogP contribution in [-0.2, 0) is 4.74 Å². The van der Waals surface area contributed by atoms with E-state index < -0.39 is 0 Å². The molecule has 0 spiro atoms. The number of carbonyl (C=O) groups excluding carboxylic acids is 1. The van der Waals surface area contributed by atoms with Crippen LogP contribution in [0.2, 0.25) is 0 Å². The highest BCUT2D eigenvalue weighted by molar-refractivity contribution is 9.10. The van der Waals surface area contributed by atoms with E-state index in [1.807, 2.05) is 6.92 Å². The van der Waals surface area contributed by atoms with Gasteiger partial charge in [0.05, 0.1) is 12.7 Å². The molecule has 1 aromatic carbocycles. The highest BCUT2D eigenvalue weighted by atomic mass is 79.9. The lowest BCUT2D eigenvalue weighted by atomic mass is 10.1. The number of halogens is 1. The summed E-state index contributed by atoms with van der Waals surface area (Å²) in [6.07, 6.45) is 5.26. The number of terminal acetylenes is 1. The standard InChI is InChI=1S/C11H9BrO2/c1-4-8-5-9(11(13)14-3)7(2)10(12)6-8/h1,5-6H,2-3H3. The van der Waals surface area contributed by atoms with Gasteiger partial charge in [-0.25, -0.2) is 4.79 Å². The molecule has 0 aliphatic heterocycles. The Hall–Kier alpha value is -1.27. The minimum absolute atomic E-state index is 0.375. The van der Waals surface area contributed by atoms with Crippen molar-refractivity contribution in [2.75, 3.05) is 7.11 Å². The summed E-state index contributed by atoms with van der Waals surface area (Å²) in [5.74, 6) is 2.10. The number of methoxy groups -OCH3 is 1. The molecule has 0 amide bonds. The van der Waals surface area contributed by atoms with Crippen LogP contribution in [0.15, 0.2) is 16.6 Å². The molecule has 1 aromatic rings. The predicted octanol–water partition coefficient (Wildman–Crippen LogP) is 2.53. The Bertz CT molecular complexity index is 416. The molecular weight excluding hydrogens is 244 g/mol. The molecule has 14 heavy (non-hydrogen) atoms. The summed E-state index contributed by atoms with van der Waals surface area (Å²) in [4.78, 5) is 11.3. The van der Waals surface area contributed by atoms with Crippen molar-refractivity contribution in [1.82, 2.24) is 0 Å². The predicted molar refractivity (Wildman–Crippen MR) is 58.2 cm³/mol. The molecule has 2 nitrogen and oxygen atoms in total. The van der Waals surface area contributed by atoms with E-state index in [1.165, 1.54) is 7.11 Å². The van der Waals surface area contributed by atoms with Crippen LogP contribution >= 0.6 is 15.9 Å². The van der Waals surface area contributed by atoms with Gasteiger partial charge in [-0.3, -0.25) is 0 Å². The van der Waals surface area contributed by atoms with Gasteiger partial charge in [0.1, 0.15) is 0 Å². The van der Waals surface area contributed by atoms with Crippen LogP contribution < -0.4 is 0 Å². The first-order chi connectivity index (χ1) is 6.60. The molecule has 0 bridgehead atoms. The van der Waals surface area contributed by atoms with E-state index in [4.69, 9.17) is 6.42 Å². The monoisotopic (exact) mass is 252 g/mol. The Kier molecular flexibility index (Phi) is 3.32. The van der Waals surface area contributed by atoms with Crippen molar-refractivity contribution in [3.05, 3.63) is 33.3 Å². The first-order valence-electron chi connectivity index (χ1n) is 3.95. The maximum absolute atomic E-state index is 11.3. The summed E-state index contributed by atoms with van der Waals surface area (Å²) < 4.78 is 5.46. The molecular formula is C11H9BrO2. The summed E-state index contributed by atoms with van der Waals surface area (Å²) in [6.45, 7) is 1.83. The molecule has 1 rings (SSSR count). The number of rotatable bonds is 1. The van der Waals surface area contributed by atoms with Crippen LogP contribution in [0.3, 0.4) is 0 Å². The fraction of sp³-hybridized carbons (Fsp3) is 0.182. The number of ether oxygens (including phenoxy) is 1. The van der Waals surface area contributed by atoms with Crippen LogP contribution in [0.25, 0.3) is 0 Å². The fourth-order valence-corrected chi connectivity index (χ4v) is 1.54. The summed E-state index contributed by atoms with van der Waals surface area (Å²) in [5, 5.41) is 0. The maximum Gasteiger partial charge on any atom is 0.338 e. The second-order valence-electron chi connectivity index (χ2n) is 2.77. The Morgan fingerprint density at radius 2 is 2.21 bits per heavy atom. The first kappa shape index (κ1) is 10.8. The van der Waals surface area contributed by atoms with E-state index in [0.717, 1.165) is 10.0 Å². The highest BCUT2D eigenvalue weighted by Crippen LogP contribution is 2.22. The van der Waals surface area contributed by atoms with E-state index in [0.29, 0.717) is 11.1 Å². The molecule has 3 heteroatoms. The molecule has 0 radical (unpaired) electrons. The lowest BCUT2D eigenvalue weighted by Gasteiger charge is -2.06. The van der Waals surface area contributed by atoms with Gasteiger partial charge in [-0.15, -0.1) is 6.42 Å². The molecule has 0 N–H and O–H groups in total. The average molecular weight is 253 g/mol. The number of hydrogen-bond donors (Lipinski definition) is 0. The van der Waals surface area contributed by atoms with Crippen LogP contribution in [0, 0.1) is 19.3 Å². The lowest BCUT2D eigenvalue weighted by molar-refractivity contribution is 0.0600. The van der Waals surface area contributed by atoms with Crippen molar-refractivity contribution in [1.29, 1.82) is 0 Å². The maximum atomic E-state index is 11.3. The third kappa shape index (κ3) is 1.97. The number of carbonyl (C=O) groups is 1. The third-order valence-electron chi connectivity index (χ3n) is 1.92. The zero-order valence-corrected chi connectivity index (χ0v) is 9.51. The van der Waals surface area contributed by atoms with Crippen LogP contribution in [0.1, 0.15) is 21.5 Å². The zero-order valence-electron chi connectivity index (χ0n) is 7.93. The van der Waals surface area contributed by atoms with Crippen molar-refractivity contribution in [2.45, 2.75) is 6.92 Å². The van der Waals surface area contributed by atoms with E-state index in [2.05, 4.69) is 26.6 Å². The summed E-state index contributed by atoms with van der Waals surface area (Å²) >= 11 is 3.33. The molecule has 0 saturated carbocycles. The fourth-order valence-electron chi connectivity index (χ4n) is 1.08.